The molecule has 14 heavy (non-hydrogen) atoms. The van der Waals surface area contributed by atoms with Crippen LogP contribution in [-0.2, 0) is 9.59 Å². The Morgan fingerprint density at radius 1 is 1.29 bits per heavy atom. The van der Waals surface area contributed by atoms with Crippen molar-refractivity contribution in [3.63, 3.8) is 0 Å². The van der Waals surface area contributed by atoms with E-state index in [0.717, 1.165) is 0 Å². The van der Waals surface area contributed by atoms with E-state index in [1.807, 2.05) is 20.8 Å². The van der Waals surface area contributed by atoms with Gasteiger partial charge in [0.25, 0.3) is 0 Å². The maximum absolute atomic E-state index is 11.7. The number of Topliss-reactive ketones (excluding diaryl/α,β-unsaturated/α-hetero) is 1. The largest absolute Gasteiger partial charge is 0.340 e. The van der Waals surface area contributed by atoms with E-state index in [9.17, 15) is 9.59 Å². The molecule has 0 spiro atoms. The molecule has 0 aromatic heterocycles. The third-order valence-corrected chi connectivity index (χ3v) is 2.61. The standard InChI is InChI=1S/C11H19NO2/c1-5-9(13)11(7-3,8-4)12-10(14)6-2/h6H,2,5,7-8H2,1,3-4H3,(H,12,14). The second-order valence-corrected chi connectivity index (χ2v) is 3.26. The molecule has 0 aliphatic heterocycles. The molecule has 0 saturated heterocycles. The van der Waals surface area contributed by atoms with Crippen molar-refractivity contribution in [3.8, 4) is 0 Å². The van der Waals surface area contributed by atoms with Gasteiger partial charge in [-0.05, 0) is 18.9 Å². The Morgan fingerprint density at radius 3 is 2.07 bits per heavy atom. The molecule has 80 valence electrons. The molecule has 0 atom stereocenters. The number of hydrogen-bond donors (Lipinski definition) is 1. The quantitative estimate of drug-likeness (QED) is 0.660. The van der Waals surface area contributed by atoms with Crippen LogP contribution in [0.4, 0.5) is 0 Å². The number of amides is 1. The van der Waals surface area contributed by atoms with Crippen LogP contribution in [0.5, 0.6) is 0 Å². The smallest absolute Gasteiger partial charge is 0.244 e. The van der Waals surface area contributed by atoms with E-state index in [4.69, 9.17) is 0 Å². The third kappa shape index (κ3) is 2.69. The number of hydrogen-bond acceptors (Lipinski definition) is 2. The third-order valence-electron chi connectivity index (χ3n) is 2.61. The Balaban J connectivity index is 4.78. The summed E-state index contributed by atoms with van der Waals surface area (Å²) in [7, 11) is 0. The monoisotopic (exact) mass is 197 g/mol. The van der Waals surface area contributed by atoms with Gasteiger partial charge in [-0.3, -0.25) is 9.59 Å². The number of rotatable bonds is 6. The Kier molecular flexibility index (Phi) is 5.13. The van der Waals surface area contributed by atoms with E-state index in [1.54, 1.807) is 0 Å². The summed E-state index contributed by atoms with van der Waals surface area (Å²) in [6.07, 6.45) is 2.88. The summed E-state index contributed by atoms with van der Waals surface area (Å²) in [6, 6.07) is 0. The zero-order valence-electron chi connectivity index (χ0n) is 9.22. The van der Waals surface area contributed by atoms with E-state index in [-0.39, 0.29) is 11.7 Å². The van der Waals surface area contributed by atoms with Crippen molar-refractivity contribution < 1.29 is 9.59 Å². The molecule has 0 aliphatic carbocycles. The lowest BCUT2D eigenvalue weighted by Gasteiger charge is -2.30. The van der Waals surface area contributed by atoms with Crippen molar-refractivity contribution >= 4 is 11.7 Å². The fraction of sp³-hybridized carbons (Fsp3) is 0.636. The lowest BCUT2D eigenvalue weighted by Crippen LogP contribution is -2.53. The van der Waals surface area contributed by atoms with E-state index < -0.39 is 5.54 Å². The Hall–Kier alpha value is -1.12. The van der Waals surface area contributed by atoms with Crippen LogP contribution in [0.3, 0.4) is 0 Å². The molecule has 3 nitrogen and oxygen atoms in total. The Bertz CT molecular complexity index is 229. The summed E-state index contributed by atoms with van der Waals surface area (Å²) in [5, 5.41) is 2.72. The zero-order valence-corrected chi connectivity index (χ0v) is 9.22. The van der Waals surface area contributed by atoms with Gasteiger partial charge in [0.05, 0.1) is 5.54 Å². The van der Waals surface area contributed by atoms with Crippen molar-refractivity contribution in [2.45, 2.75) is 45.6 Å². The summed E-state index contributed by atoms with van der Waals surface area (Å²) < 4.78 is 0. The highest BCUT2D eigenvalue weighted by Crippen LogP contribution is 2.18. The summed E-state index contributed by atoms with van der Waals surface area (Å²) in [5.74, 6) is -0.201. The van der Waals surface area contributed by atoms with Gasteiger partial charge in [-0.15, -0.1) is 0 Å². The summed E-state index contributed by atoms with van der Waals surface area (Å²) in [6.45, 7) is 8.99. The summed E-state index contributed by atoms with van der Waals surface area (Å²) in [4.78, 5) is 22.9. The zero-order chi connectivity index (χ0) is 11.2. The van der Waals surface area contributed by atoms with Crippen LogP contribution in [0.2, 0.25) is 0 Å². The summed E-state index contributed by atoms with van der Waals surface area (Å²) in [5.41, 5.74) is -0.694. The fourth-order valence-corrected chi connectivity index (χ4v) is 1.52. The molecule has 1 N–H and O–H groups in total. The van der Waals surface area contributed by atoms with Crippen molar-refractivity contribution in [2.75, 3.05) is 0 Å². The highest BCUT2D eigenvalue weighted by Gasteiger charge is 2.33. The SMILES string of the molecule is C=CC(=O)NC(CC)(CC)C(=O)CC. The van der Waals surface area contributed by atoms with Crippen LogP contribution in [0.25, 0.3) is 0 Å². The van der Waals surface area contributed by atoms with Gasteiger partial charge in [-0.2, -0.15) is 0 Å². The lowest BCUT2D eigenvalue weighted by atomic mass is 9.86. The van der Waals surface area contributed by atoms with E-state index >= 15 is 0 Å². The van der Waals surface area contributed by atoms with Crippen molar-refractivity contribution in [1.82, 2.24) is 5.32 Å². The van der Waals surface area contributed by atoms with Crippen molar-refractivity contribution in [1.29, 1.82) is 0 Å². The maximum atomic E-state index is 11.7. The van der Waals surface area contributed by atoms with Crippen LogP contribution in [0.15, 0.2) is 12.7 Å². The van der Waals surface area contributed by atoms with Gasteiger partial charge in [0, 0.05) is 6.42 Å². The average molecular weight is 197 g/mol. The molecule has 3 heteroatoms. The molecule has 0 aromatic rings. The number of carbonyl (C=O) groups excluding carboxylic acids is 2. The van der Waals surface area contributed by atoms with E-state index in [1.165, 1.54) is 6.08 Å². The van der Waals surface area contributed by atoms with Crippen LogP contribution in [0.1, 0.15) is 40.0 Å². The molecule has 0 aliphatic rings. The molecule has 0 heterocycles. The highest BCUT2D eigenvalue weighted by atomic mass is 16.2. The Labute approximate surface area is 85.6 Å². The van der Waals surface area contributed by atoms with Gasteiger partial charge >= 0.3 is 0 Å². The molecule has 0 saturated carbocycles. The van der Waals surface area contributed by atoms with Gasteiger partial charge in [0.1, 0.15) is 0 Å². The van der Waals surface area contributed by atoms with Gasteiger partial charge in [-0.25, -0.2) is 0 Å². The number of carbonyl (C=O) groups is 2. The molecule has 0 bridgehead atoms. The van der Waals surface area contributed by atoms with Gasteiger partial charge in [-0.1, -0.05) is 27.4 Å². The molecule has 0 rings (SSSR count). The first-order valence-corrected chi connectivity index (χ1v) is 5.04. The first-order valence-electron chi connectivity index (χ1n) is 5.04. The van der Waals surface area contributed by atoms with Crippen LogP contribution in [0, 0.1) is 0 Å². The van der Waals surface area contributed by atoms with Crippen LogP contribution in [-0.4, -0.2) is 17.2 Å². The molecular formula is C11H19NO2. The van der Waals surface area contributed by atoms with Crippen molar-refractivity contribution in [2.24, 2.45) is 0 Å². The molecule has 0 aromatic carbocycles. The minimum absolute atomic E-state index is 0.0812. The van der Waals surface area contributed by atoms with Crippen molar-refractivity contribution in [3.05, 3.63) is 12.7 Å². The van der Waals surface area contributed by atoms with Crippen LogP contribution < -0.4 is 5.32 Å². The van der Waals surface area contributed by atoms with Gasteiger partial charge in [0.2, 0.25) is 5.91 Å². The predicted octanol–water partition coefficient (Wildman–Crippen LogP) is 1.83. The first kappa shape index (κ1) is 12.9. The first-order chi connectivity index (χ1) is 6.56. The Morgan fingerprint density at radius 2 is 1.79 bits per heavy atom. The second-order valence-electron chi connectivity index (χ2n) is 3.26. The van der Waals surface area contributed by atoms with Gasteiger partial charge < -0.3 is 5.32 Å². The molecular weight excluding hydrogens is 178 g/mol. The molecule has 1 amide bonds. The van der Waals surface area contributed by atoms with E-state index in [2.05, 4.69) is 11.9 Å². The molecule has 0 fully saturated rings. The maximum Gasteiger partial charge on any atom is 0.244 e. The normalized spacial score (nSPS) is 10.8. The molecule has 0 unspecified atom stereocenters. The minimum atomic E-state index is -0.694. The number of ketones is 1. The number of nitrogens with one attached hydrogen (secondary N) is 1. The average Bonchev–Trinajstić information content (AvgIpc) is 2.24. The topological polar surface area (TPSA) is 46.2 Å². The minimum Gasteiger partial charge on any atom is -0.340 e. The predicted molar refractivity (Wildman–Crippen MR) is 57.0 cm³/mol. The molecule has 0 radical (unpaired) electrons. The highest BCUT2D eigenvalue weighted by molar-refractivity contribution is 5.96. The van der Waals surface area contributed by atoms with E-state index in [0.29, 0.717) is 19.3 Å². The second kappa shape index (κ2) is 5.58. The fourth-order valence-electron chi connectivity index (χ4n) is 1.52. The summed E-state index contributed by atoms with van der Waals surface area (Å²) >= 11 is 0. The van der Waals surface area contributed by atoms with Crippen LogP contribution >= 0.6 is 0 Å². The van der Waals surface area contributed by atoms with Gasteiger partial charge in [0.15, 0.2) is 5.78 Å². The lowest BCUT2D eigenvalue weighted by molar-refractivity contribution is -0.130.